The van der Waals surface area contributed by atoms with Crippen molar-refractivity contribution in [2.75, 3.05) is 43.0 Å². The van der Waals surface area contributed by atoms with E-state index in [1.807, 2.05) is 12.1 Å². The smallest absolute Gasteiger partial charge is 0.355 e. The highest BCUT2D eigenvalue weighted by atomic mass is 32.1. The number of likely N-dealkylation sites (tertiary alicyclic amines) is 1. The lowest BCUT2D eigenvalue weighted by molar-refractivity contribution is -0.126. The summed E-state index contributed by atoms with van der Waals surface area (Å²) in [6.07, 6.45) is -1.57. The number of hydrogen-bond donors (Lipinski definition) is 0. The number of rotatable bonds is 5. The fourth-order valence-electron chi connectivity index (χ4n) is 5.31. The second-order valence-electron chi connectivity index (χ2n) is 9.80. The minimum Gasteiger partial charge on any atom is -0.355 e. The van der Waals surface area contributed by atoms with Crippen LogP contribution in [0.1, 0.15) is 30.2 Å². The molecular formula is C25H28F3N5OS. The molecule has 10 heteroatoms. The fraction of sp³-hybridized carbons (Fsp3) is 0.480. The molecule has 186 valence electrons. The van der Waals surface area contributed by atoms with E-state index in [2.05, 4.69) is 31.9 Å². The number of fused-ring (bicyclic) bond motifs is 1. The Morgan fingerprint density at radius 2 is 1.89 bits per heavy atom. The Morgan fingerprint density at radius 3 is 2.60 bits per heavy atom. The monoisotopic (exact) mass is 503 g/mol. The Labute approximate surface area is 206 Å². The third-order valence-electron chi connectivity index (χ3n) is 7.19. The first-order valence-electron chi connectivity index (χ1n) is 11.7. The molecule has 1 amide bonds. The van der Waals surface area contributed by atoms with Crippen molar-refractivity contribution in [3.8, 4) is 0 Å². The molecule has 4 heterocycles. The van der Waals surface area contributed by atoms with E-state index in [-0.39, 0.29) is 16.2 Å². The molecule has 2 aliphatic heterocycles. The van der Waals surface area contributed by atoms with Crippen LogP contribution < -0.4 is 9.80 Å². The van der Waals surface area contributed by atoms with Crippen molar-refractivity contribution in [3.63, 3.8) is 0 Å². The third-order valence-corrected chi connectivity index (χ3v) is 8.23. The van der Waals surface area contributed by atoms with E-state index < -0.39 is 12.6 Å². The first kappa shape index (κ1) is 24.0. The lowest BCUT2D eigenvalue weighted by atomic mass is 9.86. The van der Waals surface area contributed by atoms with Crippen LogP contribution in [0.15, 0.2) is 36.7 Å². The summed E-state index contributed by atoms with van der Waals surface area (Å²) in [5.41, 5.74) is 2.26. The van der Waals surface area contributed by atoms with Gasteiger partial charge in [-0.3, -0.25) is 9.69 Å². The summed E-state index contributed by atoms with van der Waals surface area (Å²) in [4.78, 5) is 27.5. The zero-order chi connectivity index (χ0) is 24.8. The molecule has 2 aliphatic rings. The van der Waals surface area contributed by atoms with E-state index >= 15 is 0 Å². The van der Waals surface area contributed by atoms with E-state index in [0.29, 0.717) is 4.83 Å². The number of carbonyl (C=O) groups is 1. The molecule has 0 aliphatic carbocycles. The van der Waals surface area contributed by atoms with Gasteiger partial charge in [0.1, 0.15) is 17.0 Å². The highest BCUT2D eigenvalue weighted by molar-refractivity contribution is 7.18. The van der Waals surface area contributed by atoms with Crippen molar-refractivity contribution in [3.05, 3.63) is 47.1 Å². The Hall–Kier alpha value is -2.72. The molecule has 5 rings (SSSR count). The lowest BCUT2D eigenvalue weighted by Gasteiger charge is -2.25. The van der Waals surface area contributed by atoms with Crippen LogP contribution in [0.3, 0.4) is 0 Å². The predicted molar refractivity (Wildman–Crippen MR) is 132 cm³/mol. The molecule has 1 unspecified atom stereocenters. The van der Waals surface area contributed by atoms with Crippen LogP contribution >= 0.6 is 11.3 Å². The quantitative estimate of drug-likeness (QED) is 0.497. The molecule has 0 saturated carbocycles. The summed E-state index contributed by atoms with van der Waals surface area (Å²) in [5.74, 6) is 0.755. The maximum atomic E-state index is 12.9. The van der Waals surface area contributed by atoms with Gasteiger partial charge in [0.2, 0.25) is 5.91 Å². The van der Waals surface area contributed by atoms with Crippen molar-refractivity contribution in [1.82, 2.24) is 14.9 Å². The first-order valence-corrected chi connectivity index (χ1v) is 12.5. The average molecular weight is 504 g/mol. The Bertz CT molecular complexity index is 1230. The van der Waals surface area contributed by atoms with Crippen molar-refractivity contribution >= 4 is 39.0 Å². The fourth-order valence-corrected chi connectivity index (χ4v) is 6.33. The molecule has 1 aromatic carbocycles. The van der Waals surface area contributed by atoms with Crippen LogP contribution in [0.2, 0.25) is 0 Å². The second-order valence-corrected chi connectivity index (χ2v) is 10.9. The Balaban J connectivity index is 1.25. The highest BCUT2D eigenvalue weighted by Crippen LogP contribution is 2.43. The summed E-state index contributed by atoms with van der Waals surface area (Å²) in [6.45, 7) is 6.09. The van der Waals surface area contributed by atoms with E-state index in [9.17, 15) is 18.0 Å². The molecule has 2 aromatic heterocycles. The molecule has 0 bridgehead atoms. The second kappa shape index (κ2) is 9.05. The first-order chi connectivity index (χ1) is 16.6. The van der Waals surface area contributed by atoms with Crippen LogP contribution in [-0.4, -0.2) is 60.2 Å². The van der Waals surface area contributed by atoms with Crippen LogP contribution in [0.25, 0.3) is 10.2 Å². The molecule has 2 saturated heterocycles. The van der Waals surface area contributed by atoms with Gasteiger partial charge < -0.3 is 9.80 Å². The van der Waals surface area contributed by atoms with Gasteiger partial charge >= 0.3 is 6.18 Å². The summed E-state index contributed by atoms with van der Waals surface area (Å²) < 4.78 is 38.7. The number of halogens is 3. The zero-order valence-corrected chi connectivity index (χ0v) is 20.6. The van der Waals surface area contributed by atoms with E-state index in [0.717, 1.165) is 73.8 Å². The highest BCUT2D eigenvalue weighted by Gasteiger charge is 2.44. The van der Waals surface area contributed by atoms with Gasteiger partial charge in [-0.1, -0.05) is 12.1 Å². The number of thiophene rings is 1. The number of aromatic nitrogens is 2. The zero-order valence-electron chi connectivity index (χ0n) is 19.8. The van der Waals surface area contributed by atoms with E-state index in [1.54, 1.807) is 24.9 Å². The normalized spacial score (nSPS) is 20.9. The summed E-state index contributed by atoms with van der Waals surface area (Å²) in [6, 6.07) is 9.73. The minimum atomic E-state index is -4.23. The molecule has 6 nitrogen and oxygen atoms in total. The summed E-state index contributed by atoms with van der Waals surface area (Å²) >= 11 is 1.10. The number of nitrogens with zero attached hydrogens (tertiary/aromatic N) is 5. The van der Waals surface area contributed by atoms with Gasteiger partial charge in [-0.2, -0.15) is 13.2 Å². The molecule has 1 atom stereocenters. The molecule has 2 fully saturated rings. The van der Waals surface area contributed by atoms with Crippen molar-refractivity contribution in [2.45, 2.75) is 38.9 Å². The number of benzene rings is 1. The molecule has 1 spiro atoms. The molecule has 3 aromatic rings. The predicted octanol–water partition coefficient (Wildman–Crippen LogP) is 4.88. The Kier molecular flexibility index (Phi) is 6.21. The van der Waals surface area contributed by atoms with Gasteiger partial charge in [-0.05, 0) is 43.1 Å². The molecular weight excluding hydrogens is 475 g/mol. The number of anilines is 2. The molecule has 0 radical (unpaired) electrons. The SMILES string of the molecule is CC(=O)N(C)c1ccc(CN2CCC3(CCN(c4ncnc5sc(CC(F)(F)F)cc45)C3)C2)cc1. The van der Waals surface area contributed by atoms with Gasteiger partial charge in [-0.15, -0.1) is 11.3 Å². The van der Waals surface area contributed by atoms with Gasteiger partial charge in [0.15, 0.2) is 0 Å². The largest absolute Gasteiger partial charge is 0.393 e. The van der Waals surface area contributed by atoms with Gasteiger partial charge in [0, 0.05) is 56.1 Å². The van der Waals surface area contributed by atoms with Crippen LogP contribution in [0, 0.1) is 5.41 Å². The van der Waals surface area contributed by atoms with Crippen molar-refractivity contribution in [1.29, 1.82) is 0 Å². The minimum absolute atomic E-state index is 0.00464. The maximum Gasteiger partial charge on any atom is 0.393 e. The van der Waals surface area contributed by atoms with Crippen molar-refractivity contribution in [2.24, 2.45) is 5.41 Å². The van der Waals surface area contributed by atoms with Gasteiger partial charge in [0.25, 0.3) is 0 Å². The number of carbonyl (C=O) groups excluding carboxylic acids is 1. The standard InChI is InChI=1S/C25H28F3N5OS/c1-17(34)31(2)19-5-3-18(4-6-19)13-32-9-7-24(14-32)8-10-33(15-24)22-21-11-20(12-25(26,27)28)35-23(21)30-16-29-22/h3-6,11,16H,7-10,12-15H2,1-2H3. The third kappa shape index (κ3) is 5.13. The van der Waals surface area contributed by atoms with Crippen LogP contribution in [0.4, 0.5) is 24.7 Å². The Morgan fingerprint density at radius 1 is 1.14 bits per heavy atom. The molecule has 35 heavy (non-hydrogen) atoms. The van der Waals surface area contributed by atoms with Crippen LogP contribution in [0.5, 0.6) is 0 Å². The van der Waals surface area contributed by atoms with Gasteiger partial charge in [-0.25, -0.2) is 9.97 Å². The van der Waals surface area contributed by atoms with Crippen molar-refractivity contribution < 1.29 is 18.0 Å². The maximum absolute atomic E-state index is 12.9. The average Bonchev–Trinajstić information content (AvgIpc) is 3.51. The number of amides is 1. The summed E-state index contributed by atoms with van der Waals surface area (Å²) in [7, 11) is 1.77. The van der Waals surface area contributed by atoms with Gasteiger partial charge in [0.05, 0.1) is 11.8 Å². The molecule has 0 N–H and O–H groups in total. The summed E-state index contributed by atoms with van der Waals surface area (Å²) in [5, 5.41) is 0.722. The lowest BCUT2D eigenvalue weighted by Crippen LogP contribution is -2.31. The van der Waals surface area contributed by atoms with E-state index in [1.165, 1.54) is 11.9 Å². The number of hydrogen-bond acceptors (Lipinski definition) is 6. The van der Waals surface area contributed by atoms with Crippen LogP contribution in [-0.2, 0) is 17.8 Å². The van der Waals surface area contributed by atoms with E-state index in [4.69, 9.17) is 0 Å². The topological polar surface area (TPSA) is 52.6 Å². The number of alkyl halides is 3.